The van der Waals surface area contributed by atoms with E-state index in [1.807, 2.05) is 0 Å². The van der Waals surface area contributed by atoms with Gasteiger partial charge >= 0.3 is 6.18 Å². The summed E-state index contributed by atoms with van der Waals surface area (Å²) in [5.41, 5.74) is 5.78. The van der Waals surface area contributed by atoms with Gasteiger partial charge in [0, 0.05) is 25.1 Å². The quantitative estimate of drug-likeness (QED) is 0.711. The fourth-order valence-electron chi connectivity index (χ4n) is 2.30. The van der Waals surface area contributed by atoms with E-state index in [0.717, 1.165) is 6.07 Å². The van der Waals surface area contributed by atoms with Gasteiger partial charge in [-0.25, -0.2) is 9.37 Å². The number of benzene rings is 2. The van der Waals surface area contributed by atoms with E-state index in [0.29, 0.717) is 34.7 Å². The summed E-state index contributed by atoms with van der Waals surface area (Å²) in [5, 5.41) is 0. The Labute approximate surface area is 133 Å². The maximum atomic E-state index is 13.6. The molecule has 8 heteroatoms. The van der Waals surface area contributed by atoms with Crippen LogP contribution in [0, 0.1) is 12.7 Å². The van der Waals surface area contributed by atoms with Gasteiger partial charge in [0.25, 0.3) is 0 Å². The number of fused-ring (bicyclic) bond motifs is 1. The molecule has 0 spiro atoms. The Balaban J connectivity index is 2.00. The van der Waals surface area contributed by atoms with Crippen molar-refractivity contribution < 1.29 is 26.7 Å². The van der Waals surface area contributed by atoms with Crippen LogP contribution in [0.1, 0.15) is 17.0 Å². The fraction of sp³-hybridized carbons (Fsp3) is 0.188. The second-order valence-corrected chi connectivity index (χ2v) is 5.08. The maximum Gasteiger partial charge on any atom is 0.419 e. The van der Waals surface area contributed by atoms with Crippen LogP contribution in [0.15, 0.2) is 34.7 Å². The summed E-state index contributed by atoms with van der Waals surface area (Å²) in [6.07, 6.45) is -4.76. The average molecular weight is 340 g/mol. The van der Waals surface area contributed by atoms with Gasteiger partial charge in [-0.15, -0.1) is 0 Å². The molecular formula is C16H12F4N2O2. The molecule has 0 unspecified atom stereocenters. The van der Waals surface area contributed by atoms with Crippen molar-refractivity contribution in [3.05, 3.63) is 53.2 Å². The molecule has 0 fully saturated rings. The van der Waals surface area contributed by atoms with E-state index in [9.17, 15) is 17.6 Å². The molecule has 2 N–H and O–H groups in total. The minimum Gasteiger partial charge on any atom is -0.455 e. The van der Waals surface area contributed by atoms with Crippen molar-refractivity contribution in [1.82, 2.24) is 4.98 Å². The van der Waals surface area contributed by atoms with Crippen LogP contribution in [0.5, 0.6) is 11.5 Å². The lowest BCUT2D eigenvalue weighted by atomic mass is 10.1. The summed E-state index contributed by atoms with van der Waals surface area (Å²) in [6, 6.07) is 5.56. The zero-order chi connectivity index (χ0) is 17.5. The van der Waals surface area contributed by atoms with E-state index < -0.39 is 17.6 Å². The molecule has 1 aromatic heterocycles. The normalized spacial score (nSPS) is 11.9. The molecule has 4 nitrogen and oxygen atoms in total. The topological polar surface area (TPSA) is 61.3 Å². The third-order valence-corrected chi connectivity index (χ3v) is 3.39. The van der Waals surface area contributed by atoms with E-state index >= 15 is 0 Å². The number of ether oxygens (including phenoxy) is 1. The van der Waals surface area contributed by atoms with Crippen LogP contribution in [0.3, 0.4) is 0 Å². The second kappa shape index (κ2) is 5.79. The number of halogens is 4. The Morgan fingerprint density at radius 3 is 2.58 bits per heavy atom. The molecule has 0 aliphatic rings. The van der Waals surface area contributed by atoms with Crippen LogP contribution >= 0.6 is 0 Å². The summed E-state index contributed by atoms with van der Waals surface area (Å²) in [5.74, 6) is -0.873. The minimum absolute atomic E-state index is 0.0806. The second-order valence-electron chi connectivity index (χ2n) is 5.08. The number of hydrogen-bond donors (Lipinski definition) is 1. The lowest BCUT2D eigenvalue weighted by molar-refractivity contribution is -0.140. The Kier molecular flexibility index (Phi) is 3.92. The number of aryl methyl sites for hydroxylation is 1. The number of rotatable bonds is 3. The highest BCUT2D eigenvalue weighted by molar-refractivity contribution is 5.83. The molecular weight excluding hydrogens is 328 g/mol. The Bertz CT molecular complexity index is 903. The first-order valence-corrected chi connectivity index (χ1v) is 6.93. The third kappa shape index (κ3) is 2.92. The lowest BCUT2D eigenvalue weighted by Gasteiger charge is -2.11. The minimum atomic E-state index is -4.76. The van der Waals surface area contributed by atoms with Gasteiger partial charge in [0.15, 0.2) is 22.7 Å². The smallest absolute Gasteiger partial charge is 0.419 e. The van der Waals surface area contributed by atoms with Gasteiger partial charge < -0.3 is 14.9 Å². The highest BCUT2D eigenvalue weighted by Gasteiger charge is 2.34. The van der Waals surface area contributed by atoms with Gasteiger partial charge in [-0.1, -0.05) is 6.07 Å². The molecule has 3 rings (SSSR count). The highest BCUT2D eigenvalue weighted by atomic mass is 19.4. The van der Waals surface area contributed by atoms with Gasteiger partial charge in [-0.05, 0) is 18.2 Å². The predicted octanol–water partition coefficient (Wildman–Crippen LogP) is 4.55. The summed E-state index contributed by atoms with van der Waals surface area (Å²) >= 11 is 0. The van der Waals surface area contributed by atoms with Crippen LogP contribution in [0.25, 0.3) is 11.1 Å². The Morgan fingerprint density at radius 1 is 1.21 bits per heavy atom. The van der Waals surface area contributed by atoms with E-state index in [2.05, 4.69) is 4.98 Å². The van der Waals surface area contributed by atoms with Crippen LogP contribution < -0.4 is 10.5 Å². The molecule has 0 atom stereocenters. The fourth-order valence-corrected chi connectivity index (χ4v) is 2.30. The maximum absolute atomic E-state index is 13.6. The first-order chi connectivity index (χ1) is 11.3. The van der Waals surface area contributed by atoms with Crippen LogP contribution in [-0.2, 0) is 12.7 Å². The van der Waals surface area contributed by atoms with E-state index in [-0.39, 0.29) is 18.0 Å². The first kappa shape index (κ1) is 16.3. The molecule has 2 aromatic carbocycles. The third-order valence-electron chi connectivity index (χ3n) is 3.39. The molecule has 24 heavy (non-hydrogen) atoms. The Morgan fingerprint density at radius 2 is 1.96 bits per heavy atom. The van der Waals surface area contributed by atoms with Crippen molar-refractivity contribution in [2.24, 2.45) is 5.73 Å². The van der Waals surface area contributed by atoms with Gasteiger partial charge in [0.2, 0.25) is 0 Å². The predicted molar refractivity (Wildman–Crippen MR) is 78.1 cm³/mol. The molecule has 0 saturated carbocycles. The lowest BCUT2D eigenvalue weighted by Crippen LogP contribution is -2.07. The summed E-state index contributed by atoms with van der Waals surface area (Å²) in [7, 11) is 0. The first-order valence-electron chi connectivity index (χ1n) is 6.93. The monoisotopic (exact) mass is 340 g/mol. The van der Waals surface area contributed by atoms with Gasteiger partial charge in [-0.2, -0.15) is 13.2 Å². The molecule has 0 aliphatic carbocycles. The van der Waals surface area contributed by atoms with Crippen LogP contribution in [0.4, 0.5) is 17.6 Å². The summed E-state index contributed by atoms with van der Waals surface area (Å²) in [4.78, 5) is 4.18. The van der Waals surface area contributed by atoms with Crippen molar-refractivity contribution in [3.63, 3.8) is 0 Å². The Hall–Kier alpha value is -2.61. The number of oxazole rings is 1. The van der Waals surface area contributed by atoms with Gasteiger partial charge in [0.1, 0.15) is 11.6 Å². The molecule has 3 aromatic rings. The number of hydrogen-bond acceptors (Lipinski definition) is 4. The molecule has 1 heterocycles. The van der Waals surface area contributed by atoms with Crippen molar-refractivity contribution >= 4 is 11.1 Å². The standard InChI is InChI=1S/C16H12F4N2O2/c1-8-22-14-13(5-2-9(7-21)15(14)23-8)24-10-3-4-11(12(17)6-10)16(18,19)20/h2-6H,7,21H2,1H3. The molecule has 0 amide bonds. The van der Waals surface area contributed by atoms with Gasteiger partial charge in [0.05, 0.1) is 5.56 Å². The molecule has 0 aliphatic heterocycles. The average Bonchev–Trinajstić information content (AvgIpc) is 2.88. The van der Waals surface area contributed by atoms with E-state index in [1.54, 1.807) is 19.1 Å². The summed E-state index contributed by atoms with van der Waals surface area (Å²) < 4.78 is 62.3. The number of nitrogens with zero attached hydrogens (tertiary/aromatic N) is 1. The van der Waals surface area contributed by atoms with E-state index in [1.165, 1.54) is 0 Å². The molecule has 126 valence electrons. The van der Waals surface area contributed by atoms with Crippen molar-refractivity contribution in [3.8, 4) is 11.5 Å². The van der Waals surface area contributed by atoms with Crippen LogP contribution in [0.2, 0.25) is 0 Å². The SMILES string of the molecule is Cc1nc2c(Oc3ccc(C(F)(F)F)c(F)c3)ccc(CN)c2o1. The molecule has 0 bridgehead atoms. The molecule has 0 saturated heterocycles. The number of alkyl halides is 3. The van der Waals surface area contributed by atoms with E-state index in [4.69, 9.17) is 14.9 Å². The zero-order valence-corrected chi connectivity index (χ0v) is 12.4. The number of aromatic nitrogens is 1. The van der Waals surface area contributed by atoms with Crippen molar-refractivity contribution in [2.45, 2.75) is 19.6 Å². The summed E-state index contributed by atoms with van der Waals surface area (Å²) in [6.45, 7) is 1.86. The highest BCUT2D eigenvalue weighted by Crippen LogP contribution is 2.36. The molecule has 0 radical (unpaired) electrons. The van der Waals surface area contributed by atoms with Crippen LogP contribution in [-0.4, -0.2) is 4.98 Å². The zero-order valence-electron chi connectivity index (χ0n) is 12.4. The largest absolute Gasteiger partial charge is 0.455 e. The van der Waals surface area contributed by atoms with Crippen molar-refractivity contribution in [2.75, 3.05) is 0 Å². The number of nitrogens with two attached hydrogens (primary N) is 1. The van der Waals surface area contributed by atoms with Crippen molar-refractivity contribution in [1.29, 1.82) is 0 Å². The van der Waals surface area contributed by atoms with Gasteiger partial charge in [-0.3, -0.25) is 0 Å².